The Morgan fingerprint density at radius 1 is 1.55 bits per heavy atom. The van der Waals surface area contributed by atoms with Crippen LogP contribution in [0.4, 0.5) is 0 Å². The van der Waals surface area contributed by atoms with E-state index >= 15 is 0 Å². The van der Waals surface area contributed by atoms with Crippen LogP contribution in [0.1, 0.15) is 16.8 Å². The Hall–Kier alpha value is -0.620. The first kappa shape index (κ1) is 15.8. The number of β-amino-alcohol motifs (C(OH)–C–C–N with tert-alkyl or cyclic N) is 1. The largest absolute Gasteiger partial charge is 0.391 e. The van der Waals surface area contributed by atoms with E-state index in [2.05, 4.69) is 15.9 Å². The summed E-state index contributed by atoms with van der Waals surface area (Å²) >= 11 is 9.47. The standard InChI is InChI=1S/C14H18BrClN2O2/c1-17(2)7-10-6-11(19)8-18(10)14(20)12-5-9(15)3-4-13(12)16/h3-5,10-11,19H,6-8H2,1-2H3. The number of carbonyl (C=O) groups is 1. The molecule has 1 saturated heterocycles. The number of benzene rings is 1. The molecule has 2 unspecified atom stereocenters. The van der Waals surface area contributed by atoms with E-state index in [0.29, 0.717) is 23.6 Å². The Balaban J connectivity index is 2.24. The summed E-state index contributed by atoms with van der Waals surface area (Å²) in [5.41, 5.74) is 0.471. The predicted molar refractivity (Wildman–Crippen MR) is 83.2 cm³/mol. The molecule has 4 nitrogen and oxygen atoms in total. The number of likely N-dealkylation sites (tertiary alicyclic amines) is 1. The van der Waals surface area contributed by atoms with Crippen LogP contribution in [0.3, 0.4) is 0 Å². The predicted octanol–water partition coefficient (Wildman–Crippen LogP) is 2.24. The summed E-state index contributed by atoms with van der Waals surface area (Å²) < 4.78 is 0.814. The topological polar surface area (TPSA) is 43.8 Å². The van der Waals surface area contributed by atoms with E-state index in [1.54, 1.807) is 23.1 Å². The first-order valence-electron chi connectivity index (χ1n) is 6.47. The molecule has 2 rings (SSSR count). The highest BCUT2D eigenvalue weighted by molar-refractivity contribution is 9.10. The lowest BCUT2D eigenvalue weighted by molar-refractivity contribution is 0.0699. The zero-order valence-electron chi connectivity index (χ0n) is 11.5. The van der Waals surface area contributed by atoms with Crippen molar-refractivity contribution in [1.29, 1.82) is 0 Å². The molecule has 0 spiro atoms. The molecular formula is C14H18BrClN2O2. The zero-order valence-corrected chi connectivity index (χ0v) is 13.9. The third-order valence-electron chi connectivity index (χ3n) is 3.39. The molecule has 1 aromatic carbocycles. The Labute approximate surface area is 132 Å². The monoisotopic (exact) mass is 360 g/mol. The molecule has 20 heavy (non-hydrogen) atoms. The lowest BCUT2D eigenvalue weighted by Gasteiger charge is -2.27. The molecule has 6 heteroatoms. The molecule has 110 valence electrons. The molecule has 0 aromatic heterocycles. The summed E-state index contributed by atoms with van der Waals surface area (Å²) in [4.78, 5) is 16.4. The quantitative estimate of drug-likeness (QED) is 0.898. The van der Waals surface area contributed by atoms with Crippen LogP contribution in [0.2, 0.25) is 5.02 Å². The third-order valence-corrected chi connectivity index (χ3v) is 4.21. The van der Waals surface area contributed by atoms with Crippen molar-refractivity contribution in [2.45, 2.75) is 18.6 Å². The third kappa shape index (κ3) is 3.52. The maximum atomic E-state index is 12.6. The molecule has 1 aliphatic heterocycles. The Bertz CT molecular complexity index is 510. The smallest absolute Gasteiger partial charge is 0.255 e. The fourth-order valence-corrected chi connectivity index (χ4v) is 3.11. The van der Waals surface area contributed by atoms with Gasteiger partial charge in [0, 0.05) is 23.6 Å². The van der Waals surface area contributed by atoms with Crippen LogP contribution < -0.4 is 0 Å². The van der Waals surface area contributed by atoms with Crippen molar-refractivity contribution in [3.05, 3.63) is 33.3 Å². The van der Waals surface area contributed by atoms with Gasteiger partial charge in [-0.3, -0.25) is 4.79 Å². The summed E-state index contributed by atoms with van der Waals surface area (Å²) in [6.45, 7) is 1.09. The van der Waals surface area contributed by atoms with E-state index in [4.69, 9.17) is 11.6 Å². The van der Waals surface area contributed by atoms with Gasteiger partial charge in [0.15, 0.2) is 0 Å². The van der Waals surface area contributed by atoms with Crippen LogP contribution in [0.5, 0.6) is 0 Å². The van der Waals surface area contributed by atoms with Gasteiger partial charge < -0.3 is 14.9 Å². The van der Waals surface area contributed by atoms with Crippen molar-refractivity contribution in [3.8, 4) is 0 Å². The Morgan fingerprint density at radius 2 is 2.25 bits per heavy atom. The molecule has 0 bridgehead atoms. The lowest BCUT2D eigenvalue weighted by atomic mass is 10.1. The van der Waals surface area contributed by atoms with E-state index in [-0.39, 0.29) is 11.9 Å². The number of carbonyl (C=O) groups excluding carboxylic acids is 1. The van der Waals surface area contributed by atoms with Gasteiger partial charge in [0.1, 0.15) is 0 Å². The van der Waals surface area contributed by atoms with E-state index < -0.39 is 6.10 Å². The summed E-state index contributed by atoms with van der Waals surface area (Å²) in [7, 11) is 3.92. The minimum absolute atomic E-state index is 0.0162. The van der Waals surface area contributed by atoms with Crippen molar-refractivity contribution in [2.75, 3.05) is 27.2 Å². The highest BCUT2D eigenvalue weighted by atomic mass is 79.9. The molecule has 1 fully saturated rings. The lowest BCUT2D eigenvalue weighted by Crippen LogP contribution is -2.41. The van der Waals surface area contributed by atoms with Crippen LogP contribution in [0.15, 0.2) is 22.7 Å². The second kappa shape index (κ2) is 6.43. The molecule has 0 saturated carbocycles. The van der Waals surface area contributed by atoms with Crippen molar-refractivity contribution in [3.63, 3.8) is 0 Å². The SMILES string of the molecule is CN(C)CC1CC(O)CN1C(=O)c1cc(Br)ccc1Cl. The zero-order chi connectivity index (χ0) is 14.9. The molecule has 1 amide bonds. The Morgan fingerprint density at radius 3 is 2.90 bits per heavy atom. The number of nitrogens with zero attached hydrogens (tertiary/aromatic N) is 2. The molecule has 1 aliphatic rings. The van der Waals surface area contributed by atoms with Crippen molar-refractivity contribution >= 4 is 33.4 Å². The van der Waals surface area contributed by atoms with Gasteiger partial charge in [-0.2, -0.15) is 0 Å². The van der Waals surface area contributed by atoms with Gasteiger partial charge in [-0.15, -0.1) is 0 Å². The van der Waals surface area contributed by atoms with Crippen molar-refractivity contribution in [1.82, 2.24) is 9.80 Å². The van der Waals surface area contributed by atoms with Gasteiger partial charge in [0.25, 0.3) is 5.91 Å². The number of aliphatic hydroxyl groups is 1. The molecule has 0 aliphatic carbocycles. The maximum absolute atomic E-state index is 12.6. The van der Waals surface area contributed by atoms with Gasteiger partial charge in [-0.1, -0.05) is 27.5 Å². The van der Waals surface area contributed by atoms with Crippen LogP contribution in [0, 0.1) is 0 Å². The van der Waals surface area contributed by atoms with Gasteiger partial charge in [-0.25, -0.2) is 0 Å². The minimum Gasteiger partial charge on any atom is -0.391 e. The summed E-state index contributed by atoms with van der Waals surface area (Å²) in [6, 6.07) is 5.24. The minimum atomic E-state index is -0.463. The summed E-state index contributed by atoms with van der Waals surface area (Å²) in [5.74, 6) is -0.125. The van der Waals surface area contributed by atoms with Gasteiger partial charge >= 0.3 is 0 Å². The average molecular weight is 362 g/mol. The molecule has 2 atom stereocenters. The van der Waals surface area contributed by atoms with Gasteiger partial charge in [0.2, 0.25) is 0 Å². The number of amides is 1. The molecule has 1 N–H and O–H groups in total. The fraction of sp³-hybridized carbons (Fsp3) is 0.500. The second-order valence-electron chi connectivity index (χ2n) is 5.39. The summed E-state index contributed by atoms with van der Waals surface area (Å²) in [6.07, 6.45) is 0.144. The number of likely N-dealkylation sites (N-methyl/N-ethyl adjacent to an activating group) is 1. The summed E-state index contributed by atoms with van der Waals surface area (Å²) in [5, 5.41) is 10.3. The first-order chi connectivity index (χ1) is 9.38. The highest BCUT2D eigenvalue weighted by Gasteiger charge is 2.35. The maximum Gasteiger partial charge on any atom is 0.255 e. The van der Waals surface area contributed by atoms with Crippen LogP contribution in [0.25, 0.3) is 0 Å². The molecule has 0 radical (unpaired) electrons. The van der Waals surface area contributed by atoms with Crippen LogP contribution in [-0.2, 0) is 0 Å². The molecule has 1 heterocycles. The number of halogens is 2. The van der Waals surface area contributed by atoms with E-state index in [1.165, 1.54) is 0 Å². The van der Waals surface area contributed by atoms with Crippen molar-refractivity contribution in [2.24, 2.45) is 0 Å². The molecular weight excluding hydrogens is 344 g/mol. The van der Waals surface area contributed by atoms with Gasteiger partial charge in [-0.05, 0) is 38.7 Å². The van der Waals surface area contributed by atoms with E-state index in [1.807, 2.05) is 19.0 Å². The number of rotatable bonds is 3. The fourth-order valence-electron chi connectivity index (χ4n) is 2.55. The van der Waals surface area contributed by atoms with E-state index in [0.717, 1.165) is 11.0 Å². The van der Waals surface area contributed by atoms with Crippen molar-refractivity contribution < 1.29 is 9.90 Å². The average Bonchev–Trinajstić information content (AvgIpc) is 2.71. The van der Waals surface area contributed by atoms with Crippen LogP contribution in [-0.4, -0.2) is 60.1 Å². The normalized spacial score (nSPS) is 22.6. The van der Waals surface area contributed by atoms with Crippen LogP contribution >= 0.6 is 27.5 Å². The number of hydrogen-bond acceptors (Lipinski definition) is 3. The highest BCUT2D eigenvalue weighted by Crippen LogP contribution is 2.26. The van der Waals surface area contributed by atoms with E-state index in [9.17, 15) is 9.90 Å². The number of aliphatic hydroxyl groups excluding tert-OH is 1. The van der Waals surface area contributed by atoms with Gasteiger partial charge in [0.05, 0.1) is 16.7 Å². The second-order valence-corrected chi connectivity index (χ2v) is 6.71. The number of hydrogen-bond donors (Lipinski definition) is 1. The molecule has 1 aromatic rings. The first-order valence-corrected chi connectivity index (χ1v) is 7.64. The Kier molecular flexibility index (Phi) is 5.07.